The molecule has 2 aromatic rings. The van der Waals surface area contributed by atoms with E-state index in [0.29, 0.717) is 25.4 Å². The number of rotatable bonds is 9. The molecular weight excluding hydrogens is 390 g/mol. The van der Waals surface area contributed by atoms with Crippen molar-refractivity contribution in [3.05, 3.63) is 34.3 Å². The Morgan fingerprint density at radius 1 is 1.38 bits per heavy atom. The molecule has 158 valence electrons. The van der Waals surface area contributed by atoms with E-state index in [1.807, 2.05) is 17.5 Å². The zero-order chi connectivity index (χ0) is 20.8. The lowest BCUT2D eigenvalue weighted by molar-refractivity contribution is -0.125. The molecule has 1 amide bonds. The van der Waals surface area contributed by atoms with Crippen molar-refractivity contribution in [1.82, 2.24) is 25.2 Å². The van der Waals surface area contributed by atoms with Gasteiger partial charge < -0.3 is 10.1 Å². The van der Waals surface area contributed by atoms with Gasteiger partial charge in [0.2, 0.25) is 5.91 Å². The highest BCUT2D eigenvalue weighted by molar-refractivity contribution is 7.09. The number of methoxy groups -OCH3 is 1. The molecule has 3 rings (SSSR count). The van der Waals surface area contributed by atoms with Crippen LogP contribution < -0.4 is 5.32 Å². The van der Waals surface area contributed by atoms with Crippen LogP contribution in [-0.2, 0) is 16.1 Å². The third kappa shape index (κ3) is 5.22. The van der Waals surface area contributed by atoms with Crippen LogP contribution in [0.3, 0.4) is 0 Å². The Kier molecular flexibility index (Phi) is 7.38. The first-order valence-corrected chi connectivity index (χ1v) is 11.0. The molecule has 2 atom stereocenters. The fraction of sp³-hybridized carbons (Fsp3) is 0.600. The molecule has 3 heterocycles. The van der Waals surface area contributed by atoms with Crippen molar-refractivity contribution in [1.29, 1.82) is 0 Å². The number of carbonyl (C=O) groups excluding carboxylic acids is 2. The average molecular weight is 420 g/mol. The Morgan fingerprint density at radius 3 is 2.83 bits per heavy atom. The van der Waals surface area contributed by atoms with E-state index in [1.54, 1.807) is 22.2 Å². The Morgan fingerprint density at radius 2 is 2.17 bits per heavy atom. The van der Waals surface area contributed by atoms with Crippen LogP contribution in [-0.4, -0.2) is 58.0 Å². The SMILES string of the molecule is CCC(CC)CN1C[C@H](n2cc(C(=O)OC)nn2)C[C@H]1C(=O)NCc1cccs1. The number of nitrogens with one attached hydrogen (secondary N) is 1. The van der Waals surface area contributed by atoms with Gasteiger partial charge in [-0.3, -0.25) is 9.69 Å². The lowest BCUT2D eigenvalue weighted by atomic mass is 10.0. The Labute approximate surface area is 175 Å². The normalized spacial score (nSPS) is 19.6. The number of likely N-dealkylation sites (tertiary alicyclic amines) is 1. The van der Waals surface area contributed by atoms with E-state index in [2.05, 4.69) is 34.4 Å². The summed E-state index contributed by atoms with van der Waals surface area (Å²) in [4.78, 5) is 28.1. The number of hydrogen-bond acceptors (Lipinski definition) is 7. The van der Waals surface area contributed by atoms with E-state index < -0.39 is 5.97 Å². The van der Waals surface area contributed by atoms with Crippen LogP contribution >= 0.6 is 11.3 Å². The minimum atomic E-state index is -0.506. The van der Waals surface area contributed by atoms with Gasteiger partial charge in [0, 0.05) is 18.0 Å². The van der Waals surface area contributed by atoms with Crippen LogP contribution in [0.4, 0.5) is 0 Å². The summed E-state index contributed by atoms with van der Waals surface area (Å²) in [5.74, 6) is 0.0799. The maximum atomic E-state index is 13.0. The minimum Gasteiger partial charge on any atom is -0.464 e. The quantitative estimate of drug-likeness (QED) is 0.628. The highest BCUT2D eigenvalue weighted by Crippen LogP contribution is 2.29. The molecule has 9 heteroatoms. The monoisotopic (exact) mass is 419 g/mol. The van der Waals surface area contributed by atoms with Gasteiger partial charge in [0.05, 0.1) is 31.9 Å². The van der Waals surface area contributed by atoms with Gasteiger partial charge in [0.1, 0.15) is 0 Å². The number of carbonyl (C=O) groups is 2. The number of thiophene rings is 1. The Balaban J connectivity index is 1.71. The van der Waals surface area contributed by atoms with E-state index in [9.17, 15) is 9.59 Å². The summed E-state index contributed by atoms with van der Waals surface area (Å²) in [6, 6.07) is 3.79. The number of ether oxygens (including phenoxy) is 1. The zero-order valence-electron chi connectivity index (χ0n) is 17.2. The summed E-state index contributed by atoms with van der Waals surface area (Å²) in [5.41, 5.74) is 0.185. The zero-order valence-corrected chi connectivity index (χ0v) is 18.0. The third-order valence-corrected chi connectivity index (χ3v) is 6.50. The standard InChI is InChI=1S/C20H29N5O3S/c1-4-14(5-2)11-24-12-15(25-13-17(22-23-25)20(27)28-3)9-18(24)19(26)21-10-16-7-6-8-29-16/h6-8,13-15,18H,4-5,9-12H2,1-3H3,(H,21,26)/t15-,18+/m1/s1. The van der Waals surface area contributed by atoms with Gasteiger partial charge in [-0.05, 0) is 23.8 Å². The van der Waals surface area contributed by atoms with Crippen molar-refractivity contribution in [2.75, 3.05) is 20.2 Å². The van der Waals surface area contributed by atoms with Crippen molar-refractivity contribution in [2.24, 2.45) is 5.92 Å². The minimum absolute atomic E-state index is 0.00671. The van der Waals surface area contributed by atoms with Crippen molar-refractivity contribution in [3.63, 3.8) is 0 Å². The molecule has 0 aromatic carbocycles. The first kappa shape index (κ1) is 21.4. The van der Waals surface area contributed by atoms with Crippen molar-refractivity contribution >= 4 is 23.2 Å². The van der Waals surface area contributed by atoms with E-state index in [4.69, 9.17) is 4.74 Å². The summed E-state index contributed by atoms with van der Waals surface area (Å²) < 4.78 is 6.41. The number of amides is 1. The van der Waals surface area contributed by atoms with E-state index >= 15 is 0 Å². The second-order valence-electron chi connectivity index (χ2n) is 7.41. The third-order valence-electron chi connectivity index (χ3n) is 5.63. The first-order valence-electron chi connectivity index (χ1n) is 10.1. The molecule has 0 saturated carbocycles. The molecule has 0 radical (unpaired) electrons. The Bertz CT molecular complexity index is 803. The molecule has 1 saturated heterocycles. The van der Waals surface area contributed by atoms with Gasteiger partial charge in [0.15, 0.2) is 5.69 Å². The van der Waals surface area contributed by atoms with Crippen molar-refractivity contribution in [2.45, 2.75) is 51.7 Å². The molecule has 1 aliphatic rings. The van der Waals surface area contributed by atoms with Crippen LogP contribution in [0.15, 0.2) is 23.7 Å². The van der Waals surface area contributed by atoms with Crippen LogP contribution in [0.5, 0.6) is 0 Å². The topological polar surface area (TPSA) is 89.3 Å². The molecule has 0 bridgehead atoms. The van der Waals surface area contributed by atoms with Gasteiger partial charge >= 0.3 is 5.97 Å². The smallest absolute Gasteiger partial charge is 0.360 e. The molecule has 2 aromatic heterocycles. The van der Waals surface area contributed by atoms with Crippen LogP contribution in [0.2, 0.25) is 0 Å². The molecule has 1 aliphatic heterocycles. The molecule has 0 aliphatic carbocycles. The first-order chi connectivity index (χ1) is 14.0. The number of aromatic nitrogens is 3. The van der Waals surface area contributed by atoms with Gasteiger partial charge in [-0.2, -0.15) is 0 Å². The van der Waals surface area contributed by atoms with Crippen molar-refractivity contribution < 1.29 is 14.3 Å². The highest BCUT2D eigenvalue weighted by atomic mass is 32.1. The molecule has 0 unspecified atom stereocenters. The fourth-order valence-electron chi connectivity index (χ4n) is 3.78. The average Bonchev–Trinajstić information content (AvgIpc) is 3.49. The maximum Gasteiger partial charge on any atom is 0.360 e. The number of esters is 1. The van der Waals surface area contributed by atoms with Gasteiger partial charge in [0.25, 0.3) is 0 Å². The largest absolute Gasteiger partial charge is 0.464 e. The van der Waals surface area contributed by atoms with Crippen LogP contribution in [0.25, 0.3) is 0 Å². The molecular formula is C20H29N5O3S. The van der Waals surface area contributed by atoms with E-state index in [0.717, 1.165) is 24.3 Å². The molecule has 1 fully saturated rings. The Hall–Kier alpha value is -2.26. The molecule has 1 N–H and O–H groups in total. The maximum absolute atomic E-state index is 13.0. The second-order valence-corrected chi connectivity index (χ2v) is 8.45. The highest BCUT2D eigenvalue weighted by Gasteiger charge is 2.38. The molecule has 29 heavy (non-hydrogen) atoms. The number of hydrogen-bond donors (Lipinski definition) is 1. The van der Waals surface area contributed by atoms with Crippen LogP contribution in [0, 0.1) is 5.92 Å². The second kappa shape index (κ2) is 9.98. The summed E-state index contributed by atoms with van der Waals surface area (Å²) >= 11 is 1.64. The van der Waals surface area contributed by atoms with E-state index in [-0.39, 0.29) is 23.7 Å². The number of nitrogens with zero attached hydrogens (tertiary/aromatic N) is 4. The van der Waals surface area contributed by atoms with Crippen LogP contribution in [0.1, 0.15) is 54.5 Å². The van der Waals surface area contributed by atoms with Gasteiger partial charge in [-0.25, -0.2) is 9.48 Å². The molecule has 0 spiro atoms. The predicted molar refractivity (Wildman–Crippen MR) is 111 cm³/mol. The lowest BCUT2D eigenvalue weighted by Gasteiger charge is -2.27. The summed E-state index contributed by atoms with van der Waals surface area (Å²) in [5, 5.41) is 13.1. The van der Waals surface area contributed by atoms with Gasteiger partial charge in [-0.15, -0.1) is 16.4 Å². The summed E-state index contributed by atoms with van der Waals surface area (Å²) in [7, 11) is 1.32. The van der Waals surface area contributed by atoms with E-state index in [1.165, 1.54) is 7.11 Å². The van der Waals surface area contributed by atoms with Gasteiger partial charge in [-0.1, -0.05) is 38.0 Å². The summed E-state index contributed by atoms with van der Waals surface area (Å²) in [6.45, 7) is 6.50. The summed E-state index contributed by atoms with van der Waals surface area (Å²) in [6.07, 6.45) is 4.41. The van der Waals surface area contributed by atoms with Crippen molar-refractivity contribution in [3.8, 4) is 0 Å². The lowest BCUT2D eigenvalue weighted by Crippen LogP contribution is -2.44. The fourth-order valence-corrected chi connectivity index (χ4v) is 4.43. The molecule has 8 nitrogen and oxygen atoms in total. The predicted octanol–water partition coefficient (Wildman–Crippen LogP) is 2.49.